The second kappa shape index (κ2) is 5.23. The summed E-state index contributed by atoms with van der Waals surface area (Å²) in [4.78, 5) is 0. The lowest BCUT2D eigenvalue weighted by Crippen LogP contribution is -2.35. The van der Waals surface area contributed by atoms with E-state index in [-0.39, 0.29) is 0 Å². The van der Waals surface area contributed by atoms with Crippen molar-refractivity contribution in [3.05, 3.63) is 18.0 Å². The Morgan fingerprint density at radius 1 is 1.56 bits per heavy atom. The average Bonchev–Trinajstić information content (AvgIpc) is 2.86. The summed E-state index contributed by atoms with van der Waals surface area (Å²) in [7, 11) is 1.97. The highest BCUT2D eigenvalue weighted by molar-refractivity contribution is 7.99. The van der Waals surface area contributed by atoms with Gasteiger partial charge in [-0.2, -0.15) is 16.9 Å². The zero-order chi connectivity index (χ0) is 11.5. The highest BCUT2D eigenvalue weighted by Gasteiger charge is 2.27. The summed E-state index contributed by atoms with van der Waals surface area (Å²) in [5.41, 5.74) is 1.29. The molecule has 4 heteroatoms. The number of rotatable bonds is 4. The van der Waals surface area contributed by atoms with Crippen molar-refractivity contribution in [2.45, 2.75) is 43.5 Å². The lowest BCUT2D eigenvalue weighted by atomic mass is 10.1. The second-order valence-electron chi connectivity index (χ2n) is 4.65. The predicted molar refractivity (Wildman–Crippen MR) is 69.7 cm³/mol. The third-order valence-electron chi connectivity index (χ3n) is 3.44. The first-order valence-electron chi connectivity index (χ1n) is 5.98. The molecule has 0 aromatic carbocycles. The van der Waals surface area contributed by atoms with Crippen LogP contribution in [0.4, 0.5) is 0 Å². The number of aryl methyl sites for hydroxylation is 1. The first-order chi connectivity index (χ1) is 7.70. The minimum absolute atomic E-state index is 0.409. The van der Waals surface area contributed by atoms with E-state index in [9.17, 15) is 0 Å². The predicted octanol–water partition coefficient (Wildman–Crippen LogP) is 2.35. The number of aromatic nitrogens is 2. The quantitative estimate of drug-likeness (QED) is 0.875. The molecule has 0 aliphatic heterocycles. The van der Waals surface area contributed by atoms with Crippen LogP contribution >= 0.6 is 11.8 Å². The maximum atomic E-state index is 4.22. The highest BCUT2D eigenvalue weighted by Crippen LogP contribution is 2.30. The van der Waals surface area contributed by atoms with Crippen molar-refractivity contribution in [1.82, 2.24) is 15.1 Å². The molecule has 3 nitrogen and oxygen atoms in total. The molecular weight excluding hydrogens is 218 g/mol. The van der Waals surface area contributed by atoms with Crippen LogP contribution in [0.1, 0.15) is 37.8 Å². The summed E-state index contributed by atoms with van der Waals surface area (Å²) in [5, 5.41) is 8.75. The van der Waals surface area contributed by atoms with Crippen LogP contribution in [-0.4, -0.2) is 27.3 Å². The molecule has 3 unspecified atom stereocenters. The van der Waals surface area contributed by atoms with Crippen LogP contribution < -0.4 is 5.32 Å². The number of nitrogens with zero attached hydrogens (tertiary/aromatic N) is 2. The van der Waals surface area contributed by atoms with Gasteiger partial charge in [0, 0.05) is 36.1 Å². The maximum Gasteiger partial charge on any atom is 0.0537 e. The molecule has 90 valence electrons. The van der Waals surface area contributed by atoms with Crippen molar-refractivity contribution in [3.63, 3.8) is 0 Å². The molecule has 1 N–H and O–H groups in total. The van der Waals surface area contributed by atoms with Crippen molar-refractivity contribution in [2.75, 3.05) is 6.26 Å². The van der Waals surface area contributed by atoms with Crippen molar-refractivity contribution in [1.29, 1.82) is 0 Å². The smallest absolute Gasteiger partial charge is 0.0537 e. The van der Waals surface area contributed by atoms with Crippen LogP contribution in [0, 0.1) is 0 Å². The van der Waals surface area contributed by atoms with Gasteiger partial charge in [0.05, 0.1) is 6.20 Å². The van der Waals surface area contributed by atoms with Gasteiger partial charge in [-0.15, -0.1) is 0 Å². The Morgan fingerprint density at radius 2 is 2.38 bits per heavy atom. The average molecular weight is 239 g/mol. The third-order valence-corrected chi connectivity index (χ3v) is 4.61. The number of nitrogens with one attached hydrogen (secondary N) is 1. The van der Waals surface area contributed by atoms with Crippen LogP contribution in [0.2, 0.25) is 0 Å². The summed E-state index contributed by atoms with van der Waals surface area (Å²) < 4.78 is 1.87. The van der Waals surface area contributed by atoms with E-state index in [1.54, 1.807) is 0 Å². The molecular formula is C12H21N3S. The fraction of sp³-hybridized carbons (Fsp3) is 0.750. The standard InChI is InChI=1S/C12H21N3S/c1-9(10-7-13-15(2)8-10)14-11-5-4-6-12(11)16-3/h7-9,11-12,14H,4-6H2,1-3H3. The van der Waals surface area contributed by atoms with E-state index in [1.807, 2.05) is 29.7 Å². The molecule has 16 heavy (non-hydrogen) atoms. The highest BCUT2D eigenvalue weighted by atomic mass is 32.2. The number of hydrogen-bond acceptors (Lipinski definition) is 3. The molecule has 1 heterocycles. The SMILES string of the molecule is CSC1CCCC1NC(C)c1cnn(C)c1. The molecule has 1 aromatic heterocycles. The Bertz CT molecular complexity index is 337. The van der Waals surface area contributed by atoms with Gasteiger partial charge in [-0.3, -0.25) is 4.68 Å². The van der Waals surface area contributed by atoms with E-state index in [1.165, 1.54) is 24.8 Å². The lowest BCUT2D eigenvalue weighted by molar-refractivity contribution is 0.467. The molecule has 3 atom stereocenters. The summed E-state index contributed by atoms with van der Waals surface area (Å²) in [6.07, 6.45) is 10.3. The van der Waals surface area contributed by atoms with Crippen molar-refractivity contribution < 1.29 is 0 Å². The van der Waals surface area contributed by atoms with E-state index in [0.29, 0.717) is 12.1 Å². The van der Waals surface area contributed by atoms with Gasteiger partial charge in [0.2, 0.25) is 0 Å². The Kier molecular flexibility index (Phi) is 3.92. The van der Waals surface area contributed by atoms with Gasteiger partial charge in [-0.25, -0.2) is 0 Å². The van der Waals surface area contributed by atoms with E-state index in [4.69, 9.17) is 0 Å². The van der Waals surface area contributed by atoms with Gasteiger partial charge in [0.25, 0.3) is 0 Å². The van der Waals surface area contributed by atoms with E-state index in [0.717, 1.165) is 5.25 Å². The zero-order valence-electron chi connectivity index (χ0n) is 10.3. The Morgan fingerprint density at radius 3 is 3.00 bits per heavy atom. The minimum atomic E-state index is 0.409. The third kappa shape index (κ3) is 2.61. The Hall–Kier alpha value is -0.480. The van der Waals surface area contributed by atoms with E-state index >= 15 is 0 Å². The largest absolute Gasteiger partial charge is 0.306 e. The second-order valence-corrected chi connectivity index (χ2v) is 5.72. The first-order valence-corrected chi connectivity index (χ1v) is 7.27. The molecule has 0 amide bonds. The normalized spacial score (nSPS) is 27.2. The van der Waals surface area contributed by atoms with Crippen molar-refractivity contribution in [3.8, 4) is 0 Å². The number of thioether (sulfide) groups is 1. The van der Waals surface area contributed by atoms with Gasteiger partial charge in [-0.1, -0.05) is 6.42 Å². The fourth-order valence-electron chi connectivity index (χ4n) is 2.48. The van der Waals surface area contributed by atoms with Crippen LogP contribution in [0.3, 0.4) is 0 Å². The Labute approximate surface area is 102 Å². The first kappa shape index (κ1) is 12.0. The summed E-state index contributed by atoms with van der Waals surface area (Å²) in [6.45, 7) is 2.23. The lowest BCUT2D eigenvalue weighted by Gasteiger charge is -2.23. The minimum Gasteiger partial charge on any atom is -0.306 e. The summed E-state index contributed by atoms with van der Waals surface area (Å²) >= 11 is 2.00. The summed E-state index contributed by atoms with van der Waals surface area (Å²) in [6, 6.07) is 1.08. The van der Waals surface area contributed by atoms with Crippen LogP contribution in [0.5, 0.6) is 0 Å². The summed E-state index contributed by atoms with van der Waals surface area (Å²) in [5.74, 6) is 0. The van der Waals surface area contributed by atoms with Crippen molar-refractivity contribution in [2.24, 2.45) is 7.05 Å². The van der Waals surface area contributed by atoms with Crippen molar-refractivity contribution >= 4 is 11.8 Å². The molecule has 0 spiro atoms. The molecule has 2 rings (SSSR count). The molecule has 1 saturated carbocycles. The van der Waals surface area contributed by atoms with Crippen LogP contribution in [0.15, 0.2) is 12.4 Å². The molecule has 0 radical (unpaired) electrons. The van der Waals surface area contributed by atoms with Gasteiger partial charge >= 0.3 is 0 Å². The van der Waals surface area contributed by atoms with Gasteiger partial charge in [0.15, 0.2) is 0 Å². The number of hydrogen-bond donors (Lipinski definition) is 1. The topological polar surface area (TPSA) is 29.9 Å². The Balaban J connectivity index is 1.94. The molecule has 1 aliphatic carbocycles. The monoisotopic (exact) mass is 239 g/mol. The van der Waals surface area contributed by atoms with Gasteiger partial charge in [0.1, 0.15) is 0 Å². The molecule has 1 aromatic rings. The van der Waals surface area contributed by atoms with Crippen LogP contribution in [-0.2, 0) is 7.05 Å². The fourth-order valence-corrected chi connectivity index (χ4v) is 3.43. The maximum absolute atomic E-state index is 4.22. The van der Waals surface area contributed by atoms with Gasteiger partial charge < -0.3 is 5.32 Å². The molecule has 1 aliphatic rings. The van der Waals surface area contributed by atoms with Crippen LogP contribution in [0.25, 0.3) is 0 Å². The molecule has 0 bridgehead atoms. The zero-order valence-corrected chi connectivity index (χ0v) is 11.1. The van der Waals surface area contributed by atoms with E-state index in [2.05, 4.69) is 29.8 Å². The molecule has 1 fully saturated rings. The molecule has 0 saturated heterocycles. The van der Waals surface area contributed by atoms with Gasteiger partial charge in [-0.05, 0) is 26.0 Å². The van der Waals surface area contributed by atoms with E-state index < -0.39 is 0 Å².